The molecule has 5 aromatic rings. The number of H-pyrrole nitrogens is 1. The van der Waals surface area contributed by atoms with Crippen LogP contribution in [-0.2, 0) is 16.1 Å². The van der Waals surface area contributed by atoms with Gasteiger partial charge in [-0.1, -0.05) is 41.4 Å². The number of benzene rings is 3. The van der Waals surface area contributed by atoms with E-state index in [1.807, 2.05) is 41.8 Å². The summed E-state index contributed by atoms with van der Waals surface area (Å²) in [5.41, 5.74) is 9.30. The van der Waals surface area contributed by atoms with E-state index in [1.165, 1.54) is 40.5 Å². The maximum absolute atomic E-state index is 14.4. The SMILES string of the molecule is Cc1ccc(-c2nnc3n2CCN(C(=O)/C=C/c2cc(Cl)c(F)cc2N2C=NNN2)C3C(=O)Nc2ccc3cn[nH]c3c2)cc1. The number of carbonyl (C=O) groups excluding carboxylic acids is 2. The number of hydrazone groups is 1. The van der Waals surface area contributed by atoms with Crippen LogP contribution >= 0.6 is 11.6 Å². The molecule has 0 fully saturated rings. The van der Waals surface area contributed by atoms with Crippen LogP contribution in [0.2, 0.25) is 5.02 Å². The van der Waals surface area contributed by atoms with E-state index in [0.717, 1.165) is 22.0 Å². The Labute approximate surface area is 260 Å². The van der Waals surface area contributed by atoms with Crippen molar-refractivity contribution in [1.29, 1.82) is 0 Å². The van der Waals surface area contributed by atoms with Crippen molar-refractivity contribution in [2.45, 2.75) is 19.5 Å². The predicted molar refractivity (Wildman–Crippen MR) is 167 cm³/mol. The van der Waals surface area contributed by atoms with Gasteiger partial charge in [-0.25, -0.2) is 14.9 Å². The molecule has 13 nitrogen and oxygen atoms in total. The number of hydrazine groups is 2. The minimum absolute atomic E-state index is 0.115. The Morgan fingerprint density at radius 1 is 1.09 bits per heavy atom. The fourth-order valence-corrected chi connectivity index (χ4v) is 5.50. The van der Waals surface area contributed by atoms with Crippen LogP contribution in [0.5, 0.6) is 0 Å². The van der Waals surface area contributed by atoms with Gasteiger partial charge in [0.25, 0.3) is 5.91 Å². The minimum atomic E-state index is -1.10. The van der Waals surface area contributed by atoms with E-state index in [9.17, 15) is 14.0 Å². The molecule has 0 saturated carbocycles. The summed E-state index contributed by atoms with van der Waals surface area (Å²) in [6.45, 7) is 2.56. The third-order valence-corrected chi connectivity index (χ3v) is 7.88. The molecular weight excluding hydrogens is 601 g/mol. The number of nitrogens with zero attached hydrogens (tertiary/aromatic N) is 7. The summed E-state index contributed by atoms with van der Waals surface area (Å²) in [6, 6.07) is 14.7. The number of hydrogen-bond acceptors (Lipinski definition) is 9. The number of anilines is 2. The smallest absolute Gasteiger partial charge is 0.255 e. The average Bonchev–Trinajstić information content (AvgIpc) is 3.82. The summed E-state index contributed by atoms with van der Waals surface area (Å²) < 4.78 is 16.2. The summed E-state index contributed by atoms with van der Waals surface area (Å²) in [7, 11) is 0. The first-order valence-corrected chi connectivity index (χ1v) is 14.3. The Balaban J connectivity index is 1.23. The molecule has 0 spiro atoms. The Bertz CT molecular complexity index is 2000. The predicted octanol–water partition coefficient (Wildman–Crippen LogP) is 3.93. The third kappa shape index (κ3) is 5.36. The van der Waals surface area contributed by atoms with Crippen LogP contribution < -0.4 is 21.4 Å². The monoisotopic (exact) mass is 625 g/mol. The van der Waals surface area contributed by atoms with Crippen LogP contribution in [0.4, 0.5) is 15.8 Å². The molecule has 45 heavy (non-hydrogen) atoms. The number of amides is 2. The summed E-state index contributed by atoms with van der Waals surface area (Å²) in [5.74, 6) is -0.635. The maximum atomic E-state index is 14.4. The number of fused-ring (bicyclic) bond motifs is 2. The lowest BCUT2D eigenvalue weighted by Gasteiger charge is -2.34. The summed E-state index contributed by atoms with van der Waals surface area (Å²) in [6.07, 6.45) is 5.92. The van der Waals surface area contributed by atoms with Crippen molar-refractivity contribution < 1.29 is 14.0 Å². The van der Waals surface area contributed by atoms with Crippen LogP contribution in [0.3, 0.4) is 0 Å². The van der Waals surface area contributed by atoms with Gasteiger partial charge in [-0.15, -0.1) is 15.7 Å². The molecule has 7 rings (SSSR count). The molecule has 1 unspecified atom stereocenters. The van der Waals surface area contributed by atoms with Crippen molar-refractivity contribution in [3.63, 3.8) is 0 Å². The van der Waals surface area contributed by atoms with Crippen molar-refractivity contribution in [3.05, 3.63) is 94.7 Å². The van der Waals surface area contributed by atoms with Gasteiger partial charge in [-0.3, -0.25) is 14.7 Å². The average molecular weight is 626 g/mol. The molecule has 4 N–H and O–H groups in total. The second-order valence-electron chi connectivity index (χ2n) is 10.5. The number of aromatic amines is 1. The van der Waals surface area contributed by atoms with Gasteiger partial charge in [-0.05, 0) is 37.3 Å². The number of aryl methyl sites for hydroxylation is 1. The molecule has 2 amide bonds. The second kappa shape index (κ2) is 11.5. The molecule has 3 aromatic carbocycles. The lowest BCUT2D eigenvalue weighted by Crippen LogP contribution is -2.46. The molecule has 0 radical (unpaired) electrons. The number of nitrogens with one attached hydrogen (secondary N) is 4. The van der Waals surface area contributed by atoms with E-state index in [4.69, 9.17) is 11.6 Å². The summed E-state index contributed by atoms with van der Waals surface area (Å²) >= 11 is 6.08. The first kappa shape index (κ1) is 28.2. The molecular formula is C30H25ClFN11O2. The van der Waals surface area contributed by atoms with Crippen molar-refractivity contribution in [3.8, 4) is 11.4 Å². The van der Waals surface area contributed by atoms with E-state index in [-0.39, 0.29) is 11.6 Å². The normalized spacial score (nSPS) is 15.9. The van der Waals surface area contributed by atoms with E-state index < -0.39 is 23.7 Å². The minimum Gasteiger partial charge on any atom is -0.324 e. The largest absolute Gasteiger partial charge is 0.324 e. The van der Waals surface area contributed by atoms with Crippen molar-refractivity contribution in [2.75, 3.05) is 16.9 Å². The molecule has 2 aliphatic heterocycles. The molecule has 15 heteroatoms. The van der Waals surface area contributed by atoms with E-state index in [1.54, 1.807) is 18.3 Å². The van der Waals surface area contributed by atoms with Gasteiger partial charge in [0.05, 0.1) is 22.4 Å². The quantitative estimate of drug-likeness (QED) is 0.208. The Morgan fingerprint density at radius 2 is 1.93 bits per heavy atom. The molecule has 0 aliphatic carbocycles. The van der Waals surface area contributed by atoms with Gasteiger partial charge < -0.3 is 14.8 Å². The van der Waals surface area contributed by atoms with Crippen molar-refractivity contribution in [1.82, 2.24) is 40.9 Å². The zero-order chi connectivity index (χ0) is 31.1. The highest BCUT2D eigenvalue weighted by atomic mass is 35.5. The first-order valence-electron chi connectivity index (χ1n) is 13.9. The van der Waals surface area contributed by atoms with Gasteiger partial charge in [0.1, 0.15) is 12.2 Å². The first-order chi connectivity index (χ1) is 21.9. The number of hydrogen-bond donors (Lipinski definition) is 4. The van der Waals surface area contributed by atoms with Gasteiger partial charge in [0.2, 0.25) is 5.91 Å². The fourth-order valence-electron chi connectivity index (χ4n) is 5.32. The molecule has 4 heterocycles. The molecule has 0 bridgehead atoms. The van der Waals surface area contributed by atoms with Crippen LogP contribution in [-0.4, -0.2) is 54.6 Å². The van der Waals surface area contributed by atoms with Gasteiger partial charge >= 0.3 is 0 Å². The molecule has 2 aliphatic rings. The third-order valence-electron chi connectivity index (χ3n) is 7.59. The molecule has 226 valence electrons. The zero-order valence-corrected chi connectivity index (χ0v) is 24.5. The Kier molecular flexibility index (Phi) is 7.19. The maximum Gasteiger partial charge on any atom is 0.255 e. The Morgan fingerprint density at radius 3 is 2.73 bits per heavy atom. The van der Waals surface area contributed by atoms with Crippen LogP contribution in [0.15, 0.2) is 72.0 Å². The van der Waals surface area contributed by atoms with Crippen LogP contribution in [0.1, 0.15) is 23.0 Å². The number of halogens is 2. The number of aromatic nitrogens is 5. The van der Waals surface area contributed by atoms with Gasteiger partial charge in [0.15, 0.2) is 17.7 Å². The highest BCUT2D eigenvalue weighted by Gasteiger charge is 2.39. The summed E-state index contributed by atoms with van der Waals surface area (Å²) in [5, 5.41) is 24.7. The molecule has 0 saturated heterocycles. The standard InChI is InChI=1S/C30H25ClFN11O2/c1-17-2-4-18(5-3-17)28-37-38-29-27(30(45)35-21-8-6-20-15-33-36-24(20)13-21)41(10-11-42(28)29)26(44)9-7-19-12-22(31)23(32)14-25(19)43-16-34-39-40-43/h2-9,12-16,27,39-40H,10-11H2,1H3,(H,33,36)(H,35,45)/b9-7+. The van der Waals surface area contributed by atoms with Gasteiger partial charge in [-0.2, -0.15) is 10.2 Å². The molecule has 2 aromatic heterocycles. The topological polar surface area (TPSA) is 148 Å². The lowest BCUT2D eigenvalue weighted by molar-refractivity contribution is -0.136. The lowest BCUT2D eigenvalue weighted by atomic mass is 10.1. The highest BCUT2D eigenvalue weighted by molar-refractivity contribution is 6.31. The number of carbonyl (C=O) groups is 2. The second-order valence-corrected chi connectivity index (χ2v) is 10.9. The van der Waals surface area contributed by atoms with E-state index in [0.29, 0.717) is 35.1 Å². The van der Waals surface area contributed by atoms with Gasteiger partial charge in [0, 0.05) is 47.4 Å². The highest BCUT2D eigenvalue weighted by Crippen LogP contribution is 2.32. The molecule has 1 atom stereocenters. The zero-order valence-electron chi connectivity index (χ0n) is 23.7. The van der Waals surface area contributed by atoms with E-state index >= 15 is 0 Å². The van der Waals surface area contributed by atoms with Crippen LogP contribution in [0, 0.1) is 12.7 Å². The van der Waals surface area contributed by atoms with Crippen molar-refractivity contribution in [2.24, 2.45) is 5.10 Å². The van der Waals surface area contributed by atoms with Crippen molar-refractivity contribution >= 4 is 58.1 Å². The number of rotatable bonds is 6. The Hall–Kier alpha value is -5.60. The fraction of sp³-hybridized carbons (Fsp3) is 0.133. The van der Waals surface area contributed by atoms with E-state index in [2.05, 4.69) is 41.9 Å². The van der Waals surface area contributed by atoms with Crippen LogP contribution in [0.25, 0.3) is 28.4 Å². The summed E-state index contributed by atoms with van der Waals surface area (Å²) in [4.78, 5) is 29.2.